The second-order valence-corrected chi connectivity index (χ2v) is 8.60. The van der Waals surface area contributed by atoms with Gasteiger partial charge in [-0.25, -0.2) is 0 Å². The molecule has 0 aliphatic heterocycles. The summed E-state index contributed by atoms with van der Waals surface area (Å²) < 4.78 is 7.38. The van der Waals surface area contributed by atoms with Crippen LogP contribution in [-0.4, -0.2) is 48.2 Å². The average Bonchev–Trinajstić information content (AvgIpc) is 2.95. The molecule has 0 saturated carbocycles. The van der Waals surface area contributed by atoms with E-state index in [2.05, 4.69) is 54.5 Å². The molecular weight excluding hydrogens is 382 g/mol. The summed E-state index contributed by atoms with van der Waals surface area (Å²) in [4.78, 5) is 5.56. The number of thioether (sulfide) groups is 1. The molecule has 0 bridgehead atoms. The van der Waals surface area contributed by atoms with E-state index in [0.717, 1.165) is 36.1 Å². The molecule has 2 unspecified atom stereocenters. The van der Waals surface area contributed by atoms with Gasteiger partial charge in [0.15, 0.2) is 5.96 Å². The molecule has 0 radical (unpaired) electrons. The first-order valence-corrected chi connectivity index (χ1v) is 11.1. The fourth-order valence-corrected chi connectivity index (χ4v) is 4.25. The van der Waals surface area contributed by atoms with Gasteiger partial charge in [0, 0.05) is 43.0 Å². The van der Waals surface area contributed by atoms with E-state index >= 15 is 0 Å². The molecule has 0 saturated heterocycles. The lowest BCUT2D eigenvalue weighted by atomic mass is 10.1. The number of benzene rings is 1. The monoisotopic (exact) mass is 417 g/mol. The third kappa shape index (κ3) is 6.70. The summed E-state index contributed by atoms with van der Waals surface area (Å²) in [7, 11) is 5.53. The van der Waals surface area contributed by atoms with Crippen LogP contribution in [0.25, 0.3) is 0 Å². The Morgan fingerprint density at radius 1 is 1.28 bits per heavy atom. The zero-order chi connectivity index (χ0) is 21.4. The topological polar surface area (TPSA) is 63.5 Å². The molecule has 29 heavy (non-hydrogen) atoms. The fraction of sp³-hybridized carbons (Fsp3) is 0.545. The lowest BCUT2D eigenvalue weighted by molar-refractivity contribution is 0.405. The van der Waals surface area contributed by atoms with Crippen LogP contribution in [0.1, 0.15) is 30.8 Å². The van der Waals surface area contributed by atoms with Crippen molar-refractivity contribution >= 4 is 17.7 Å². The minimum atomic E-state index is 0.265. The van der Waals surface area contributed by atoms with E-state index in [1.54, 1.807) is 7.11 Å². The number of hydrogen-bond acceptors (Lipinski definition) is 4. The lowest BCUT2D eigenvalue weighted by Crippen LogP contribution is -2.44. The van der Waals surface area contributed by atoms with Crippen LogP contribution in [0.5, 0.6) is 5.75 Å². The highest BCUT2D eigenvalue weighted by Gasteiger charge is 2.14. The van der Waals surface area contributed by atoms with Crippen LogP contribution in [0.3, 0.4) is 0 Å². The summed E-state index contributed by atoms with van der Waals surface area (Å²) in [5.41, 5.74) is 3.63. The number of aliphatic imine (C=N–C) groups is 1. The Labute approximate surface area is 179 Å². The van der Waals surface area contributed by atoms with E-state index < -0.39 is 0 Å². The maximum atomic E-state index is 5.43. The minimum absolute atomic E-state index is 0.265. The maximum Gasteiger partial charge on any atom is 0.191 e. The van der Waals surface area contributed by atoms with Gasteiger partial charge in [-0.05, 0) is 50.8 Å². The molecule has 0 amide bonds. The van der Waals surface area contributed by atoms with E-state index in [1.807, 2.05) is 48.7 Å². The Morgan fingerprint density at radius 2 is 2.00 bits per heavy atom. The summed E-state index contributed by atoms with van der Waals surface area (Å²) in [6.07, 6.45) is 0.922. The minimum Gasteiger partial charge on any atom is -0.496 e. The second kappa shape index (κ2) is 11.1. The Bertz CT molecular complexity index is 818. The number of nitrogens with zero attached hydrogens (tertiary/aromatic N) is 3. The first-order valence-electron chi connectivity index (χ1n) is 10.1. The summed E-state index contributed by atoms with van der Waals surface area (Å²) in [5.74, 6) is 3.27. The number of nitrogens with one attached hydrogen (secondary N) is 2. The molecule has 6 nitrogen and oxygen atoms in total. The number of hydrogen-bond donors (Lipinski definition) is 2. The molecule has 1 heterocycles. The molecule has 7 heteroatoms. The first-order chi connectivity index (χ1) is 13.8. The molecule has 2 N–H and O–H groups in total. The number of aryl methyl sites for hydroxylation is 2. The first kappa shape index (κ1) is 23.1. The van der Waals surface area contributed by atoms with Gasteiger partial charge in [0.05, 0.1) is 12.8 Å². The van der Waals surface area contributed by atoms with Crippen molar-refractivity contribution in [2.24, 2.45) is 18.0 Å². The SMILES string of the molecule is CN=C(NCC(C)CSc1ccccc1OC)NC(C)Cc1c(C)nn(C)c1C. The van der Waals surface area contributed by atoms with Crippen LogP contribution in [0.4, 0.5) is 0 Å². The van der Waals surface area contributed by atoms with Crippen molar-refractivity contribution < 1.29 is 4.74 Å². The smallest absolute Gasteiger partial charge is 0.191 e. The predicted octanol–water partition coefficient (Wildman–Crippen LogP) is 3.57. The van der Waals surface area contributed by atoms with Gasteiger partial charge in [0.1, 0.15) is 5.75 Å². The number of aromatic nitrogens is 2. The third-order valence-corrected chi connectivity index (χ3v) is 6.37. The molecule has 0 fully saturated rings. The van der Waals surface area contributed by atoms with Crippen LogP contribution in [-0.2, 0) is 13.5 Å². The van der Waals surface area contributed by atoms with Crippen molar-refractivity contribution in [3.8, 4) is 5.75 Å². The van der Waals surface area contributed by atoms with E-state index in [1.165, 1.54) is 16.2 Å². The van der Waals surface area contributed by atoms with Crippen LogP contribution < -0.4 is 15.4 Å². The van der Waals surface area contributed by atoms with Crippen LogP contribution in [0, 0.1) is 19.8 Å². The molecule has 2 atom stereocenters. The van der Waals surface area contributed by atoms with Gasteiger partial charge in [-0.15, -0.1) is 11.8 Å². The van der Waals surface area contributed by atoms with Crippen LogP contribution >= 0.6 is 11.8 Å². The third-order valence-electron chi connectivity index (χ3n) is 4.99. The van der Waals surface area contributed by atoms with Crippen LogP contribution in [0.15, 0.2) is 34.2 Å². The number of ether oxygens (including phenoxy) is 1. The largest absolute Gasteiger partial charge is 0.496 e. The van der Waals surface area contributed by atoms with Gasteiger partial charge in [-0.2, -0.15) is 5.10 Å². The van der Waals surface area contributed by atoms with Gasteiger partial charge >= 0.3 is 0 Å². The average molecular weight is 418 g/mol. The van der Waals surface area contributed by atoms with Gasteiger partial charge in [0.25, 0.3) is 0 Å². The zero-order valence-corrected chi connectivity index (χ0v) is 19.6. The molecule has 1 aromatic heterocycles. The molecule has 2 rings (SSSR count). The summed E-state index contributed by atoms with van der Waals surface area (Å²) >= 11 is 1.83. The van der Waals surface area contributed by atoms with Gasteiger partial charge in [-0.1, -0.05) is 19.1 Å². The fourth-order valence-electron chi connectivity index (χ4n) is 3.20. The van der Waals surface area contributed by atoms with E-state index in [9.17, 15) is 0 Å². The maximum absolute atomic E-state index is 5.43. The van der Waals surface area contributed by atoms with Crippen molar-refractivity contribution in [3.05, 3.63) is 41.2 Å². The highest BCUT2D eigenvalue weighted by molar-refractivity contribution is 7.99. The Kier molecular flexibility index (Phi) is 8.89. The van der Waals surface area contributed by atoms with E-state index in [0.29, 0.717) is 5.92 Å². The number of methoxy groups -OCH3 is 1. The van der Waals surface area contributed by atoms with Crippen molar-refractivity contribution in [3.63, 3.8) is 0 Å². The molecular formula is C22H35N5OS. The van der Waals surface area contributed by atoms with Crippen molar-refractivity contribution in [2.75, 3.05) is 26.5 Å². The molecule has 2 aromatic rings. The normalized spacial score (nSPS) is 13.8. The van der Waals surface area contributed by atoms with Gasteiger partial charge in [-0.3, -0.25) is 9.67 Å². The standard InChI is InChI=1S/C22H35N5OS/c1-15(14-29-21-11-9-8-10-20(21)28-7)13-24-22(23-5)25-16(2)12-19-17(3)26-27(6)18(19)4/h8-11,15-16H,12-14H2,1-7H3,(H2,23,24,25). The Balaban J connectivity index is 1.80. The summed E-state index contributed by atoms with van der Waals surface area (Å²) in [6.45, 7) is 9.48. The Hall–Kier alpha value is -2.15. The van der Waals surface area contributed by atoms with Crippen molar-refractivity contribution in [2.45, 2.75) is 45.1 Å². The highest BCUT2D eigenvalue weighted by Crippen LogP contribution is 2.29. The Morgan fingerprint density at radius 3 is 2.62 bits per heavy atom. The molecule has 0 aliphatic carbocycles. The van der Waals surface area contributed by atoms with Crippen LogP contribution in [0.2, 0.25) is 0 Å². The van der Waals surface area contributed by atoms with E-state index in [-0.39, 0.29) is 6.04 Å². The quantitative estimate of drug-likeness (QED) is 0.371. The zero-order valence-electron chi connectivity index (χ0n) is 18.7. The number of para-hydroxylation sites is 1. The van der Waals surface area contributed by atoms with Crippen molar-refractivity contribution in [1.82, 2.24) is 20.4 Å². The lowest BCUT2D eigenvalue weighted by Gasteiger charge is -2.20. The van der Waals surface area contributed by atoms with Gasteiger partial charge < -0.3 is 15.4 Å². The number of guanidine groups is 1. The molecule has 0 aliphatic rings. The second-order valence-electron chi connectivity index (χ2n) is 7.54. The molecule has 1 aromatic carbocycles. The van der Waals surface area contributed by atoms with E-state index in [4.69, 9.17) is 4.74 Å². The summed E-state index contributed by atoms with van der Waals surface area (Å²) in [5, 5.41) is 11.5. The molecule has 160 valence electrons. The number of rotatable bonds is 9. The summed E-state index contributed by atoms with van der Waals surface area (Å²) in [6, 6.07) is 8.42. The van der Waals surface area contributed by atoms with Crippen molar-refractivity contribution in [1.29, 1.82) is 0 Å². The van der Waals surface area contributed by atoms with Gasteiger partial charge in [0.2, 0.25) is 0 Å². The highest BCUT2D eigenvalue weighted by atomic mass is 32.2. The predicted molar refractivity (Wildman–Crippen MR) is 123 cm³/mol. The molecule has 0 spiro atoms.